The molecule has 0 aliphatic heterocycles. The molecule has 4 heteroatoms. The van der Waals surface area contributed by atoms with Gasteiger partial charge in [-0.05, 0) is 28.7 Å². The topological polar surface area (TPSA) is 20.2 Å². The molecule has 0 rings (SSSR count). The fourth-order valence-electron chi connectivity index (χ4n) is 0. The van der Waals surface area contributed by atoms with Crippen LogP contribution in [0.25, 0.3) is 0 Å². The van der Waals surface area contributed by atoms with Gasteiger partial charge >= 0.3 is 0 Å². The van der Waals surface area contributed by atoms with E-state index < -0.39 is 0 Å². The van der Waals surface area contributed by atoms with Crippen molar-refractivity contribution in [2.75, 3.05) is 6.66 Å². The van der Waals surface area contributed by atoms with Crippen molar-refractivity contribution in [3.8, 4) is 0 Å². The highest BCUT2D eigenvalue weighted by Crippen LogP contribution is 2.51. The van der Waals surface area contributed by atoms with Gasteiger partial charge in [-0.2, -0.15) is 0 Å². The van der Waals surface area contributed by atoms with Crippen LogP contribution in [0.1, 0.15) is 0 Å². The standard InChI is InChI=1S/CH4IOPS/c1-4(2)5-3/h3H,1H3. The Balaban J connectivity index is 2.54. The Morgan fingerprint density at radius 2 is 2.20 bits per heavy atom. The van der Waals surface area contributed by atoms with Crippen LogP contribution < -0.4 is 0 Å². The summed E-state index contributed by atoms with van der Waals surface area (Å²) in [6, 6.07) is 0. The van der Waals surface area contributed by atoms with E-state index in [1.165, 1.54) is 0 Å². The Hall–Kier alpha value is 1.47. The van der Waals surface area contributed by atoms with Crippen LogP contribution in [0.3, 0.4) is 0 Å². The molecule has 0 heterocycles. The van der Waals surface area contributed by atoms with E-state index in [-0.39, 0.29) is 4.77 Å². The third kappa shape index (κ3) is 5.47. The lowest BCUT2D eigenvalue weighted by Crippen LogP contribution is -1.36. The Morgan fingerprint density at radius 1 is 2.00 bits per heavy atom. The molecule has 0 aromatic heterocycles. The summed E-state index contributed by atoms with van der Waals surface area (Å²) >= 11 is 3.12. The highest BCUT2D eigenvalue weighted by atomic mass is 127. The average Bonchev–Trinajstić information content (AvgIpc) is 1.38. The molecule has 0 aromatic rings. The molecule has 1 N–H and O–H groups in total. The SMILES string of the molecule is CP(I)SO. The van der Waals surface area contributed by atoms with Gasteiger partial charge in [-0.1, -0.05) is 0 Å². The van der Waals surface area contributed by atoms with Crippen LogP contribution in [-0.2, 0) is 0 Å². The van der Waals surface area contributed by atoms with Gasteiger partial charge in [0.2, 0.25) is 0 Å². The van der Waals surface area contributed by atoms with Gasteiger partial charge in [0.1, 0.15) is 0 Å². The first-order valence-electron chi connectivity index (χ1n) is 0.981. The van der Waals surface area contributed by atoms with Gasteiger partial charge in [0.15, 0.2) is 0 Å². The maximum absolute atomic E-state index is 8.08. The summed E-state index contributed by atoms with van der Waals surface area (Å²) in [5.74, 6) is 0. The molecule has 1 unspecified atom stereocenters. The molecule has 0 fully saturated rings. The molecule has 0 amide bonds. The number of rotatable bonds is 1. The normalized spacial score (nSPS) is 15.0. The predicted octanol–water partition coefficient (Wildman–Crippen LogP) is 2.57. The van der Waals surface area contributed by atoms with Crippen molar-refractivity contribution in [1.29, 1.82) is 0 Å². The second-order valence-corrected chi connectivity index (χ2v) is 9.95. The zero-order chi connectivity index (χ0) is 4.28. The Kier molecular flexibility index (Phi) is 4.73. The summed E-state index contributed by atoms with van der Waals surface area (Å²) in [4.78, 5) is 0. The van der Waals surface area contributed by atoms with Gasteiger partial charge in [0.25, 0.3) is 0 Å². The molecule has 0 bridgehead atoms. The highest BCUT2D eigenvalue weighted by molar-refractivity contribution is 14.2. The summed E-state index contributed by atoms with van der Waals surface area (Å²) in [7, 11) is 0. The van der Waals surface area contributed by atoms with Crippen molar-refractivity contribution < 1.29 is 4.55 Å². The second-order valence-electron chi connectivity index (χ2n) is 0.502. The molecule has 0 radical (unpaired) electrons. The molecule has 1 atom stereocenters. The van der Waals surface area contributed by atoms with Crippen molar-refractivity contribution in [3.63, 3.8) is 0 Å². The van der Waals surface area contributed by atoms with E-state index >= 15 is 0 Å². The molecule has 0 aliphatic rings. The van der Waals surface area contributed by atoms with E-state index in [1.807, 2.05) is 6.66 Å². The molecule has 1 nitrogen and oxygen atoms in total. The lowest BCUT2D eigenvalue weighted by molar-refractivity contribution is 0.675. The molecule has 0 saturated carbocycles. The summed E-state index contributed by atoms with van der Waals surface area (Å²) in [5, 5.41) is 0. The third-order valence-corrected chi connectivity index (χ3v) is 2.60. The van der Waals surface area contributed by atoms with E-state index in [4.69, 9.17) is 4.55 Å². The zero-order valence-corrected chi connectivity index (χ0v) is 6.55. The molecular weight excluding hydrogens is 218 g/mol. The minimum Gasteiger partial charge on any atom is -0.325 e. The minimum absolute atomic E-state index is 0.156. The van der Waals surface area contributed by atoms with Crippen molar-refractivity contribution in [2.45, 2.75) is 0 Å². The van der Waals surface area contributed by atoms with Gasteiger partial charge in [0.05, 0.1) is 0 Å². The quantitative estimate of drug-likeness (QED) is 0.418. The number of hydrogen-bond donors (Lipinski definition) is 1. The number of halogens is 1. The summed E-state index contributed by atoms with van der Waals surface area (Å²) < 4.78 is 7.93. The maximum Gasteiger partial charge on any atom is 0.0457 e. The van der Waals surface area contributed by atoms with E-state index in [0.29, 0.717) is 0 Å². The molecule has 0 aromatic carbocycles. The third-order valence-electron chi connectivity index (χ3n) is 0.113. The number of hydrogen-bond acceptors (Lipinski definition) is 2. The lowest BCUT2D eigenvalue weighted by Gasteiger charge is -1.86. The van der Waals surface area contributed by atoms with Crippen LogP contribution in [0.15, 0.2) is 0 Å². The summed E-state index contributed by atoms with van der Waals surface area (Å²) in [5.41, 5.74) is 0. The van der Waals surface area contributed by atoms with Crippen molar-refractivity contribution in [1.82, 2.24) is 0 Å². The van der Waals surface area contributed by atoms with Crippen LogP contribution in [0.2, 0.25) is 0 Å². The molecule has 5 heavy (non-hydrogen) atoms. The fourth-order valence-corrected chi connectivity index (χ4v) is 0. The summed E-state index contributed by atoms with van der Waals surface area (Å²) in [6.45, 7) is 1.99. The smallest absolute Gasteiger partial charge is 0.0457 e. The maximum atomic E-state index is 8.08. The largest absolute Gasteiger partial charge is 0.325 e. The first kappa shape index (κ1) is 6.47. The van der Waals surface area contributed by atoms with E-state index in [9.17, 15) is 0 Å². The van der Waals surface area contributed by atoms with Gasteiger partial charge in [-0.25, -0.2) is 0 Å². The van der Waals surface area contributed by atoms with Gasteiger partial charge < -0.3 is 4.55 Å². The minimum atomic E-state index is -0.156. The summed E-state index contributed by atoms with van der Waals surface area (Å²) in [6.07, 6.45) is 0. The first-order valence-corrected chi connectivity index (χ1v) is 6.93. The molecule has 32 valence electrons. The van der Waals surface area contributed by atoms with Crippen molar-refractivity contribution in [3.05, 3.63) is 0 Å². The predicted molar refractivity (Wildman–Crippen MR) is 37.1 cm³/mol. The van der Waals surface area contributed by atoms with Gasteiger partial charge in [-0.15, -0.1) is 0 Å². The molecule has 0 aliphatic carbocycles. The Labute approximate surface area is 49.7 Å². The molecular formula is CH4IOPS. The van der Waals surface area contributed by atoms with Gasteiger partial charge in [0, 0.05) is 16.4 Å². The van der Waals surface area contributed by atoms with Crippen LogP contribution in [-0.4, -0.2) is 11.2 Å². The van der Waals surface area contributed by atoms with E-state index in [1.54, 1.807) is 0 Å². The van der Waals surface area contributed by atoms with E-state index in [2.05, 4.69) is 22.0 Å². The highest BCUT2D eigenvalue weighted by Gasteiger charge is 1.85. The van der Waals surface area contributed by atoms with Crippen LogP contribution in [0.4, 0.5) is 0 Å². The monoisotopic (exact) mass is 222 g/mol. The first-order chi connectivity index (χ1) is 2.27. The lowest BCUT2D eigenvalue weighted by atomic mass is 12.0. The fraction of sp³-hybridized carbons (Fsp3) is 1.00. The van der Waals surface area contributed by atoms with Crippen LogP contribution >= 0.6 is 38.5 Å². The molecule has 0 spiro atoms. The van der Waals surface area contributed by atoms with Crippen molar-refractivity contribution in [2.24, 2.45) is 0 Å². The van der Waals surface area contributed by atoms with Gasteiger partial charge in [-0.3, -0.25) is 0 Å². The zero-order valence-electron chi connectivity index (χ0n) is 2.68. The van der Waals surface area contributed by atoms with Crippen molar-refractivity contribution >= 4 is 38.5 Å². The van der Waals surface area contributed by atoms with Crippen LogP contribution in [0, 0.1) is 0 Å². The second kappa shape index (κ2) is 3.65. The Morgan fingerprint density at radius 3 is 2.20 bits per heavy atom. The van der Waals surface area contributed by atoms with E-state index in [0.717, 1.165) is 11.7 Å². The molecule has 0 saturated heterocycles. The average molecular weight is 222 g/mol. The Bertz CT molecular complexity index is 25.6. The van der Waals surface area contributed by atoms with Crippen LogP contribution in [0.5, 0.6) is 0 Å².